The van der Waals surface area contributed by atoms with Gasteiger partial charge in [-0.05, 0) is 24.7 Å². The highest BCUT2D eigenvalue weighted by atomic mass is 15.1. The van der Waals surface area contributed by atoms with E-state index in [4.69, 9.17) is 0 Å². The third-order valence-electron chi connectivity index (χ3n) is 4.57. The number of hydrogen-bond donors (Lipinski definition) is 0. The summed E-state index contributed by atoms with van der Waals surface area (Å²) in [5, 5.41) is 0. The number of aromatic nitrogens is 4. The minimum atomic E-state index is 0.371. The molecular weight excluding hydrogens is 224 g/mol. The minimum absolute atomic E-state index is 0.371. The third-order valence-corrected chi connectivity index (χ3v) is 4.57. The van der Waals surface area contributed by atoms with Gasteiger partial charge in [-0.2, -0.15) is 0 Å². The van der Waals surface area contributed by atoms with Crippen LogP contribution in [0.3, 0.4) is 0 Å². The van der Waals surface area contributed by atoms with Crippen molar-refractivity contribution in [1.29, 1.82) is 0 Å². The van der Waals surface area contributed by atoms with Crippen LogP contribution >= 0.6 is 0 Å². The Labute approximate surface area is 106 Å². The lowest BCUT2D eigenvalue weighted by molar-refractivity contribution is 0.376. The lowest BCUT2D eigenvalue weighted by atomic mass is 9.88. The van der Waals surface area contributed by atoms with Gasteiger partial charge in [0.05, 0.1) is 12.5 Å². The first-order valence-corrected chi connectivity index (χ1v) is 6.57. The fraction of sp³-hybridized carbons (Fsp3) is 0.500. The van der Waals surface area contributed by atoms with Crippen molar-refractivity contribution in [2.75, 3.05) is 0 Å². The van der Waals surface area contributed by atoms with Crippen molar-refractivity contribution >= 4 is 11.2 Å². The molecule has 0 amide bonds. The highest BCUT2D eigenvalue weighted by molar-refractivity contribution is 5.68. The zero-order valence-electron chi connectivity index (χ0n) is 10.5. The molecule has 4 heteroatoms. The van der Waals surface area contributed by atoms with Gasteiger partial charge in [-0.1, -0.05) is 19.1 Å². The Balaban J connectivity index is 1.70. The van der Waals surface area contributed by atoms with Gasteiger partial charge < -0.3 is 4.57 Å². The van der Waals surface area contributed by atoms with Gasteiger partial charge >= 0.3 is 0 Å². The molecule has 92 valence electrons. The average Bonchev–Trinajstić information content (AvgIpc) is 2.99. The predicted molar refractivity (Wildman–Crippen MR) is 68.8 cm³/mol. The summed E-state index contributed by atoms with van der Waals surface area (Å²) in [6.45, 7) is 3.37. The highest BCUT2D eigenvalue weighted by Crippen LogP contribution is 2.61. The predicted octanol–water partition coefficient (Wildman–Crippen LogP) is 2.43. The van der Waals surface area contributed by atoms with Gasteiger partial charge in [0.2, 0.25) is 0 Å². The monoisotopic (exact) mass is 240 g/mol. The second-order valence-electron chi connectivity index (χ2n) is 5.76. The van der Waals surface area contributed by atoms with Crippen molar-refractivity contribution in [2.45, 2.75) is 26.3 Å². The summed E-state index contributed by atoms with van der Waals surface area (Å²) in [6, 6.07) is 0. The number of nitrogens with zero attached hydrogens (tertiary/aromatic N) is 4. The van der Waals surface area contributed by atoms with Gasteiger partial charge in [0, 0.05) is 12.0 Å². The van der Waals surface area contributed by atoms with Crippen LogP contribution in [0.15, 0.2) is 31.0 Å². The largest absolute Gasteiger partial charge is 0.314 e. The van der Waals surface area contributed by atoms with E-state index in [2.05, 4.69) is 38.6 Å². The highest BCUT2D eigenvalue weighted by Gasteiger charge is 2.55. The molecule has 4 rings (SSSR count). The number of allylic oxidation sites excluding steroid dienone is 2. The molecule has 0 aliphatic heterocycles. The normalized spacial score (nSPS) is 33.6. The number of rotatable bonds is 2. The Morgan fingerprint density at radius 1 is 1.44 bits per heavy atom. The molecule has 2 aromatic rings. The van der Waals surface area contributed by atoms with E-state index in [0.29, 0.717) is 5.41 Å². The summed E-state index contributed by atoms with van der Waals surface area (Å²) in [6.07, 6.45) is 12.6. The lowest BCUT2D eigenvalue weighted by Gasteiger charge is -2.21. The quantitative estimate of drug-likeness (QED) is 0.757. The maximum absolute atomic E-state index is 4.37. The molecule has 0 bridgehead atoms. The molecular formula is C14H16N4. The van der Waals surface area contributed by atoms with E-state index in [9.17, 15) is 0 Å². The van der Waals surface area contributed by atoms with Gasteiger partial charge in [-0.15, -0.1) is 0 Å². The van der Waals surface area contributed by atoms with Crippen molar-refractivity contribution < 1.29 is 0 Å². The molecule has 0 N–H and O–H groups in total. The van der Waals surface area contributed by atoms with Crippen molar-refractivity contribution in [2.24, 2.45) is 17.3 Å². The van der Waals surface area contributed by atoms with Gasteiger partial charge in [-0.3, -0.25) is 0 Å². The molecule has 0 saturated heterocycles. The first kappa shape index (κ1) is 10.2. The molecule has 0 radical (unpaired) electrons. The molecule has 3 atom stereocenters. The Kier molecular flexibility index (Phi) is 1.93. The minimum Gasteiger partial charge on any atom is -0.314 e. The van der Waals surface area contributed by atoms with Crippen LogP contribution in [-0.4, -0.2) is 19.5 Å². The summed E-state index contributed by atoms with van der Waals surface area (Å²) in [4.78, 5) is 12.7. The molecule has 3 unspecified atom stereocenters. The van der Waals surface area contributed by atoms with E-state index in [1.54, 1.807) is 12.5 Å². The average molecular weight is 240 g/mol. The fourth-order valence-corrected chi connectivity index (χ4v) is 3.47. The molecule has 1 saturated carbocycles. The Bertz CT molecular complexity index is 630. The maximum Gasteiger partial charge on any atom is 0.163 e. The van der Waals surface area contributed by atoms with Crippen LogP contribution in [0.25, 0.3) is 11.2 Å². The van der Waals surface area contributed by atoms with E-state index in [1.807, 2.05) is 6.33 Å². The molecule has 0 aromatic carbocycles. The van der Waals surface area contributed by atoms with Gasteiger partial charge in [0.25, 0.3) is 0 Å². The van der Waals surface area contributed by atoms with Crippen LogP contribution < -0.4 is 0 Å². The SMILES string of the molecule is CC1CC=CC2(Cn3cnc4cncnc43)CC12. The summed E-state index contributed by atoms with van der Waals surface area (Å²) in [5.74, 6) is 1.67. The van der Waals surface area contributed by atoms with Crippen molar-refractivity contribution in [3.8, 4) is 0 Å². The van der Waals surface area contributed by atoms with E-state index >= 15 is 0 Å². The van der Waals surface area contributed by atoms with Crippen LogP contribution in [0, 0.1) is 17.3 Å². The number of hydrogen-bond acceptors (Lipinski definition) is 3. The molecule has 18 heavy (non-hydrogen) atoms. The molecule has 4 nitrogen and oxygen atoms in total. The van der Waals surface area contributed by atoms with Crippen LogP contribution in [0.2, 0.25) is 0 Å². The van der Waals surface area contributed by atoms with E-state index < -0.39 is 0 Å². The van der Waals surface area contributed by atoms with Gasteiger partial charge in [0.15, 0.2) is 5.65 Å². The number of fused-ring (bicyclic) bond motifs is 2. The lowest BCUT2D eigenvalue weighted by Crippen LogP contribution is -2.17. The van der Waals surface area contributed by atoms with Crippen LogP contribution in [0.1, 0.15) is 19.8 Å². The van der Waals surface area contributed by atoms with Crippen molar-refractivity contribution in [3.63, 3.8) is 0 Å². The zero-order chi connectivity index (χ0) is 12.2. The second kappa shape index (κ2) is 3.40. The van der Waals surface area contributed by atoms with Crippen LogP contribution in [0.4, 0.5) is 0 Å². The van der Waals surface area contributed by atoms with E-state index in [-0.39, 0.29) is 0 Å². The first-order chi connectivity index (χ1) is 8.78. The molecule has 0 spiro atoms. The Hall–Kier alpha value is -1.71. The molecule has 2 aliphatic rings. The summed E-state index contributed by atoms with van der Waals surface area (Å²) < 4.78 is 2.18. The Morgan fingerprint density at radius 3 is 3.33 bits per heavy atom. The smallest absolute Gasteiger partial charge is 0.163 e. The Morgan fingerprint density at radius 2 is 2.39 bits per heavy atom. The van der Waals surface area contributed by atoms with Crippen LogP contribution in [0.5, 0.6) is 0 Å². The second-order valence-corrected chi connectivity index (χ2v) is 5.76. The van der Waals surface area contributed by atoms with E-state index in [0.717, 1.165) is 29.5 Å². The standard InChI is InChI=1S/C14H16N4/c1-10-3-2-4-14(5-11(10)14)7-18-9-17-12-6-15-8-16-13(12)18/h2,4,6,8-11H,3,5,7H2,1H3. The molecule has 2 heterocycles. The summed E-state index contributed by atoms with van der Waals surface area (Å²) >= 11 is 0. The van der Waals surface area contributed by atoms with Crippen LogP contribution in [-0.2, 0) is 6.54 Å². The first-order valence-electron chi connectivity index (χ1n) is 6.57. The summed E-state index contributed by atoms with van der Waals surface area (Å²) in [7, 11) is 0. The third kappa shape index (κ3) is 1.35. The summed E-state index contributed by atoms with van der Waals surface area (Å²) in [5.41, 5.74) is 2.21. The van der Waals surface area contributed by atoms with Gasteiger partial charge in [-0.25, -0.2) is 15.0 Å². The van der Waals surface area contributed by atoms with Gasteiger partial charge in [0.1, 0.15) is 11.8 Å². The van der Waals surface area contributed by atoms with Crippen molar-refractivity contribution in [1.82, 2.24) is 19.5 Å². The number of imidazole rings is 1. The topological polar surface area (TPSA) is 43.6 Å². The maximum atomic E-state index is 4.37. The zero-order valence-corrected chi connectivity index (χ0v) is 10.5. The van der Waals surface area contributed by atoms with E-state index in [1.165, 1.54) is 12.8 Å². The molecule has 1 fully saturated rings. The fourth-order valence-electron chi connectivity index (χ4n) is 3.47. The molecule has 2 aliphatic carbocycles. The van der Waals surface area contributed by atoms with Crippen molar-refractivity contribution in [3.05, 3.63) is 31.0 Å². The molecule has 2 aromatic heterocycles.